The van der Waals surface area contributed by atoms with Gasteiger partial charge in [-0.2, -0.15) is 0 Å². The molecule has 0 spiro atoms. The van der Waals surface area contributed by atoms with Crippen LogP contribution in [0.1, 0.15) is 6.42 Å². The van der Waals surface area contributed by atoms with Gasteiger partial charge in [0.2, 0.25) is 0 Å². The van der Waals surface area contributed by atoms with Crippen molar-refractivity contribution in [3.63, 3.8) is 0 Å². The van der Waals surface area contributed by atoms with E-state index in [4.69, 9.17) is 15.3 Å². The average molecular weight is 177 g/mol. The zero-order valence-electron chi connectivity index (χ0n) is 6.72. The number of aliphatic hydroxyl groups excluding tert-OH is 4. The van der Waals surface area contributed by atoms with E-state index in [1.807, 2.05) is 0 Å². The second kappa shape index (κ2) is 4.15. The number of rotatable bonds is 3. The van der Waals surface area contributed by atoms with Crippen LogP contribution < -0.4 is 5.32 Å². The quantitative estimate of drug-likeness (QED) is 0.326. The van der Waals surface area contributed by atoms with E-state index in [0.717, 1.165) is 0 Å². The van der Waals surface area contributed by atoms with Crippen LogP contribution in [0.5, 0.6) is 0 Å². The maximum Gasteiger partial charge on any atom is 0.104 e. The van der Waals surface area contributed by atoms with E-state index in [-0.39, 0.29) is 6.04 Å². The van der Waals surface area contributed by atoms with Crippen LogP contribution >= 0.6 is 0 Å². The second-order valence-electron chi connectivity index (χ2n) is 3.14. The molecule has 0 amide bonds. The van der Waals surface area contributed by atoms with Gasteiger partial charge in [0.05, 0.1) is 18.8 Å². The Kier molecular flexibility index (Phi) is 3.42. The fraction of sp³-hybridized carbons (Fsp3) is 1.00. The van der Waals surface area contributed by atoms with Crippen molar-refractivity contribution in [2.24, 2.45) is 0 Å². The highest BCUT2D eigenvalue weighted by molar-refractivity contribution is 4.89. The molecular weight excluding hydrogens is 162 g/mol. The highest BCUT2D eigenvalue weighted by atomic mass is 16.4. The molecule has 1 fully saturated rings. The van der Waals surface area contributed by atoms with Crippen molar-refractivity contribution < 1.29 is 20.4 Å². The molecule has 1 rings (SSSR count). The Labute approximate surface area is 70.6 Å². The van der Waals surface area contributed by atoms with Gasteiger partial charge in [-0.05, 0) is 6.42 Å². The van der Waals surface area contributed by atoms with E-state index in [1.54, 1.807) is 0 Å². The van der Waals surface area contributed by atoms with Crippen LogP contribution in [0.4, 0.5) is 0 Å². The summed E-state index contributed by atoms with van der Waals surface area (Å²) in [6.07, 6.45) is -2.19. The van der Waals surface area contributed by atoms with Gasteiger partial charge in [0.25, 0.3) is 0 Å². The summed E-state index contributed by atoms with van der Waals surface area (Å²) in [4.78, 5) is 0. The van der Waals surface area contributed by atoms with Crippen LogP contribution in [0, 0.1) is 0 Å². The van der Waals surface area contributed by atoms with Crippen molar-refractivity contribution in [1.29, 1.82) is 0 Å². The molecule has 72 valence electrons. The zero-order chi connectivity index (χ0) is 9.14. The van der Waals surface area contributed by atoms with Crippen molar-refractivity contribution in [1.82, 2.24) is 5.32 Å². The molecule has 0 aromatic heterocycles. The van der Waals surface area contributed by atoms with E-state index in [0.29, 0.717) is 13.0 Å². The van der Waals surface area contributed by atoms with Crippen LogP contribution in [0.25, 0.3) is 0 Å². The molecule has 0 aromatic rings. The van der Waals surface area contributed by atoms with E-state index < -0.39 is 24.9 Å². The highest BCUT2D eigenvalue weighted by Crippen LogP contribution is 2.12. The number of hydrogen-bond donors (Lipinski definition) is 5. The van der Waals surface area contributed by atoms with Crippen molar-refractivity contribution in [3.05, 3.63) is 0 Å². The monoisotopic (exact) mass is 177 g/mol. The van der Waals surface area contributed by atoms with Crippen molar-refractivity contribution in [2.75, 3.05) is 13.2 Å². The van der Waals surface area contributed by atoms with Crippen molar-refractivity contribution in [2.45, 2.75) is 30.8 Å². The minimum atomic E-state index is -1.13. The molecule has 0 saturated carbocycles. The Bertz CT molecular complexity index is 143. The van der Waals surface area contributed by atoms with Gasteiger partial charge >= 0.3 is 0 Å². The lowest BCUT2D eigenvalue weighted by Crippen LogP contribution is -2.44. The Morgan fingerprint density at radius 1 is 1.42 bits per heavy atom. The first-order valence-corrected chi connectivity index (χ1v) is 4.03. The molecule has 0 aliphatic carbocycles. The molecule has 1 aliphatic heterocycles. The lowest BCUT2D eigenvalue weighted by molar-refractivity contribution is -0.0303. The first-order chi connectivity index (χ1) is 5.65. The standard InChI is InChI=1S/C7H15NO4/c9-3-6(11)7(12)5-1-4(10)2-8-5/h4-12H,1-3H2/t4-,5+,6+,7+/m1/s1. The summed E-state index contributed by atoms with van der Waals surface area (Å²) in [7, 11) is 0. The molecule has 5 N–H and O–H groups in total. The summed E-state index contributed by atoms with van der Waals surface area (Å²) >= 11 is 0. The maximum absolute atomic E-state index is 9.35. The molecular formula is C7H15NO4. The molecule has 0 bridgehead atoms. The van der Waals surface area contributed by atoms with Crippen LogP contribution in [-0.4, -0.2) is 57.9 Å². The van der Waals surface area contributed by atoms with Gasteiger partial charge in [-0.15, -0.1) is 0 Å². The third kappa shape index (κ3) is 2.15. The van der Waals surface area contributed by atoms with Gasteiger partial charge in [-0.25, -0.2) is 0 Å². The zero-order valence-corrected chi connectivity index (χ0v) is 6.72. The minimum absolute atomic E-state index is 0.317. The minimum Gasteiger partial charge on any atom is -0.394 e. The van der Waals surface area contributed by atoms with Gasteiger partial charge in [-0.3, -0.25) is 0 Å². The Hall–Kier alpha value is -0.200. The molecule has 4 atom stereocenters. The van der Waals surface area contributed by atoms with Gasteiger partial charge in [-0.1, -0.05) is 0 Å². The molecule has 1 aliphatic rings. The predicted molar refractivity (Wildman–Crippen MR) is 41.5 cm³/mol. The average Bonchev–Trinajstić information content (AvgIpc) is 2.49. The number of β-amino-alcohol motifs (C(OH)–C–C–N with tert-alkyl or cyclic N) is 1. The molecule has 12 heavy (non-hydrogen) atoms. The van der Waals surface area contributed by atoms with Crippen LogP contribution in [0.2, 0.25) is 0 Å². The molecule has 0 aromatic carbocycles. The summed E-state index contributed by atoms with van der Waals surface area (Å²) in [6.45, 7) is -0.0324. The normalized spacial score (nSPS) is 35.0. The highest BCUT2D eigenvalue weighted by Gasteiger charge is 2.31. The topological polar surface area (TPSA) is 93.0 Å². The van der Waals surface area contributed by atoms with Crippen molar-refractivity contribution >= 4 is 0 Å². The van der Waals surface area contributed by atoms with E-state index in [2.05, 4.69) is 5.32 Å². The first-order valence-electron chi connectivity index (χ1n) is 4.03. The SMILES string of the molecule is OC[C@H](O)[C@@H](O)[C@@H]1C[C@@H](O)CN1. The van der Waals surface area contributed by atoms with Crippen LogP contribution in [0.3, 0.4) is 0 Å². The first kappa shape index (κ1) is 9.88. The lowest BCUT2D eigenvalue weighted by Gasteiger charge is -2.21. The van der Waals surface area contributed by atoms with Crippen LogP contribution in [0.15, 0.2) is 0 Å². The third-order valence-electron chi connectivity index (χ3n) is 2.14. The molecule has 5 heteroatoms. The number of aliphatic hydroxyl groups is 4. The third-order valence-corrected chi connectivity index (χ3v) is 2.14. The predicted octanol–water partition coefficient (Wildman–Crippen LogP) is -2.58. The molecule has 1 saturated heterocycles. The maximum atomic E-state index is 9.35. The van der Waals surface area contributed by atoms with Gasteiger partial charge in [0.15, 0.2) is 0 Å². The Morgan fingerprint density at radius 3 is 2.50 bits per heavy atom. The summed E-state index contributed by atoms with van der Waals surface area (Å²) in [5.41, 5.74) is 0. The van der Waals surface area contributed by atoms with Gasteiger partial charge < -0.3 is 25.7 Å². The number of hydrogen-bond acceptors (Lipinski definition) is 5. The summed E-state index contributed by atoms with van der Waals surface area (Å²) < 4.78 is 0. The summed E-state index contributed by atoms with van der Waals surface area (Å²) in [5, 5.41) is 38.9. The molecule has 5 nitrogen and oxygen atoms in total. The largest absolute Gasteiger partial charge is 0.394 e. The number of nitrogens with one attached hydrogen (secondary N) is 1. The fourth-order valence-electron chi connectivity index (χ4n) is 1.38. The van der Waals surface area contributed by atoms with E-state index in [1.165, 1.54) is 0 Å². The molecule has 0 unspecified atom stereocenters. The molecule has 1 heterocycles. The second-order valence-corrected chi connectivity index (χ2v) is 3.14. The van der Waals surface area contributed by atoms with Gasteiger partial charge in [0, 0.05) is 12.6 Å². The van der Waals surface area contributed by atoms with Crippen molar-refractivity contribution in [3.8, 4) is 0 Å². The summed E-state index contributed by atoms with van der Waals surface area (Å²) in [5.74, 6) is 0. The van der Waals surface area contributed by atoms with Crippen LogP contribution in [-0.2, 0) is 0 Å². The van der Waals surface area contributed by atoms with Gasteiger partial charge in [0.1, 0.15) is 6.10 Å². The Balaban J connectivity index is 2.37. The van der Waals surface area contributed by atoms with E-state index >= 15 is 0 Å². The summed E-state index contributed by atoms with van der Waals surface area (Å²) in [6, 6.07) is -0.317. The molecule has 0 radical (unpaired) electrons. The smallest absolute Gasteiger partial charge is 0.104 e. The lowest BCUT2D eigenvalue weighted by atomic mass is 10.0. The Morgan fingerprint density at radius 2 is 2.08 bits per heavy atom. The fourth-order valence-corrected chi connectivity index (χ4v) is 1.38. The van der Waals surface area contributed by atoms with E-state index in [9.17, 15) is 5.11 Å².